The number of rotatable bonds is 4. The molecular weight excluding hydrogens is 380 g/mol. The smallest absolute Gasteiger partial charge is 0.337 e. The van der Waals surface area contributed by atoms with Crippen molar-refractivity contribution >= 4 is 39.4 Å². The minimum atomic E-state index is -0.480. The van der Waals surface area contributed by atoms with Crippen LogP contribution in [0.4, 0.5) is 0 Å². The molecule has 1 heterocycles. The lowest BCUT2D eigenvalue weighted by atomic mass is 10.1. The number of thiazole rings is 1. The second-order valence-corrected chi connectivity index (χ2v) is 6.96. The number of carbonyl (C=O) groups is 3. The highest BCUT2D eigenvalue weighted by Gasteiger charge is 2.14. The summed E-state index contributed by atoms with van der Waals surface area (Å²) in [4.78, 5) is 40.6. The quantitative estimate of drug-likeness (QED) is 0.631. The Hall–Kier alpha value is -3.26. The van der Waals surface area contributed by atoms with Crippen LogP contribution in [0.5, 0.6) is 0 Å². The zero-order chi connectivity index (χ0) is 20.3. The second-order valence-electron chi connectivity index (χ2n) is 5.95. The Balaban J connectivity index is 2.06. The van der Waals surface area contributed by atoms with E-state index in [1.807, 2.05) is 25.1 Å². The maximum atomic E-state index is 12.6. The molecule has 0 saturated carbocycles. The maximum absolute atomic E-state index is 12.6. The monoisotopic (exact) mass is 398 g/mol. The molecule has 0 atom stereocenters. The Labute approximate surface area is 164 Å². The van der Waals surface area contributed by atoms with Crippen molar-refractivity contribution in [2.45, 2.75) is 13.5 Å². The van der Waals surface area contributed by atoms with Gasteiger partial charge in [-0.1, -0.05) is 23.5 Å². The number of ether oxygens (including phenoxy) is 2. The van der Waals surface area contributed by atoms with Gasteiger partial charge >= 0.3 is 11.9 Å². The number of hydrogen-bond donors (Lipinski definition) is 0. The van der Waals surface area contributed by atoms with Crippen molar-refractivity contribution in [1.82, 2.24) is 4.57 Å². The molecule has 144 valence electrons. The van der Waals surface area contributed by atoms with Crippen molar-refractivity contribution in [3.63, 3.8) is 0 Å². The van der Waals surface area contributed by atoms with Crippen LogP contribution in [0.25, 0.3) is 10.2 Å². The number of para-hydroxylation sites is 1. The van der Waals surface area contributed by atoms with Crippen LogP contribution in [0.15, 0.2) is 47.5 Å². The van der Waals surface area contributed by atoms with Crippen LogP contribution in [0.1, 0.15) is 26.3 Å². The van der Waals surface area contributed by atoms with Gasteiger partial charge in [0.1, 0.15) is 6.54 Å². The third kappa shape index (κ3) is 3.86. The minimum absolute atomic E-state index is 0.0469. The number of hydrogen-bond acceptors (Lipinski definition) is 6. The van der Waals surface area contributed by atoms with Gasteiger partial charge in [-0.2, -0.15) is 4.99 Å². The number of fused-ring (bicyclic) bond motifs is 1. The number of amides is 1. The van der Waals surface area contributed by atoms with Gasteiger partial charge in [0, 0.05) is 5.56 Å². The highest BCUT2D eigenvalue weighted by Crippen LogP contribution is 2.21. The summed E-state index contributed by atoms with van der Waals surface area (Å²) >= 11 is 1.32. The zero-order valence-electron chi connectivity index (χ0n) is 15.6. The van der Waals surface area contributed by atoms with E-state index in [0.717, 1.165) is 15.8 Å². The molecule has 1 amide bonds. The molecule has 0 bridgehead atoms. The van der Waals surface area contributed by atoms with Gasteiger partial charge in [0.05, 0.1) is 30.0 Å². The molecule has 3 rings (SSSR count). The van der Waals surface area contributed by atoms with Crippen LogP contribution in [-0.2, 0) is 20.8 Å². The van der Waals surface area contributed by atoms with Crippen molar-refractivity contribution in [3.8, 4) is 0 Å². The average molecular weight is 398 g/mol. The zero-order valence-corrected chi connectivity index (χ0v) is 16.4. The Bertz CT molecular complexity index is 1130. The third-order valence-electron chi connectivity index (χ3n) is 4.17. The van der Waals surface area contributed by atoms with Gasteiger partial charge in [-0.05, 0) is 42.8 Å². The number of esters is 2. The fourth-order valence-electron chi connectivity index (χ4n) is 2.75. The number of aromatic nitrogens is 1. The van der Waals surface area contributed by atoms with E-state index < -0.39 is 17.8 Å². The van der Waals surface area contributed by atoms with Gasteiger partial charge in [0.25, 0.3) is 5.91 Å². The van der Waals surface area contributed by atoms with Gasteiger partial charge in [0.2, 0.25) is 0 Å². The Morgan fingerprint density at radius 3 is 2.32 bits per heavy atom. The first kappa shape index (κ1) is 19.5. The van der Waals surface area contributed by atoms with Gasteiger partial charge in [-0.3, -0.25) is 9.59 Å². The first-order valence-corrected chi connectivity index (χ1v) is 9.19. The van der Waals surface area contributed by atoms with Crippen LogP contribution >= 0.6 is 11.3 Å². The summed E-state index contributed by atoms with van der Waals surface area (Å²) in [6.07, 6.45) is 0. The van der Waals surface area contributed by atoms with Crippen LogP contribution in [-0.4, -0.2) is 36.6 Å². The molecule has 8 heteroatoms. The molecule has 3 aromatic rings. The number of methoxy groups -OCH3 is 2. The third-order valence-corrected chi connectivity index (χ3v) is 5.21. The summed E-state index contributed by atoms with van der Waals surface area (Å²) in [5, 5.41) is 0. The fourth-order valence-corrected chi connectivity index (χ4v) is 3.86. The van der Waals surface area contributed by atoms with Crippen LogP contribution in [0, 0.1) is 6.92 Å². The highest BCUT2D eigenvalue weighted by atomic mass is 32.1. The summed E-state index contributed by atoms with van der Waals surface area (Å²) in [6.45, 7) is 1.88. The largest absolute Gasteiger partial charge is 0.468 e. The predicted octanol–water partition coefficient (Wildman–Crippen LogP) is 2.71. The van der Waals surface area contributed by atoms with Gasteiger partial charge in [-0.25, -0.2) is 4.79 Å². The topological polar surface area (TPSA) is 87.0 Å². The fraction of sp³-hybridized carbons (Fsp3) is 0.200. The summed E-state index contributed by atoms with van der Waals surface area (Å²) in [7, 11) is 2.61. The molecule has 0 radical (unpaired) electrons. The summed E-state index contributed by atoms with van der Waals surface area (Å²) in [5.41, 5.74) is 2.48. The molecule has 2 aromatic carbocycles. The van der Waals surface area contributed by atoms with Crippen molar-refractivity contribution in [2.75, 3.05) is 14.2 Å². The molecule has 0 N–H and O–H groups in total. The van der Waals surface area contributed by atoms with E-state index in [2.05, 4.69) is 9.73 Å². The molecule has 0 saturated heterocycles. The number of nitrogens with zero attached hydrogens (tertiary/aromatic N) is 2. The predicted molar refractivity (Wildman–Crippen MR) is 104 cm³/mol. The first-order chi connectivity index (χ1) is 13.4. The van der Waals surface area contributed by atoms with Crippen molar-refractivity contribution in [3.05, 3.63) is 64.0 Å². The Morgan fingerprint density at radius 2 is 1.68 bits per heavy atom. The van der Waals surface area contributed by atoms with E-state index in [1.165, 1.54) is 49.8 Å². The first-order valence-electron chi connectivity index (χ1n) is 8.37. The van der Waals surface area contributed by atoms with E-state index >= 15 is 0 Å². The minimum Gasteiger partial charge on any atom is -0.468 e. The van der Waals surface area contributed by atoms with Gasteiger partial charge < -0.3 is 14.0 Å². The van der Waals surface area contributed by atoms with Crippen LogP contribution in [0.3, 0.4) is 0 Å². The van der Waals surface area contributed by atoms with Crippen LogP contribution < -0.4 is 4.80 Å². The SMILES string of the molecule is COC(=O)Cn1c(=NC(=O)c2ccc(C(=O)OC)cc2)sc2cccc(C)c21. The molecule has 1 aromatic heterocycles. The van der Waals surface area contributed by atoms with Crippen molar-refractivity contribution in [1.29, 1.82) is 0 Å². The van der Waals surface area contributed by atoms with Crippen molar-refractivity contribution in [2.24, 2.45) is 4.99 Å². The van der Waals surface area contributed by atoms with E-state index in [1.54, 1.807) is 4.57 Å². The Kier molecular flexibility index (Phi) is 5.70. The average Bonchev–Trinajstić information content (AvgIpc) is 3.05. The molecule has 0 unspecified atom stereocenters. The van der Waals surface area contributed by atoms with Gasteiger partial charge in [-0.15, -0.1) is 0 Å². The molecule has 0 aliphatic rings. The molecular formula is C20H18N2O5S. The maximum Gasteiger partial charge on any atom is 0.337 e. The lowest BCUT2D eigenvalue weighted by Gasteiger charge is -2.05. The number of aryl methyl sites for hydroxylation is 1. The van der Waals surface area contributed by atoms with Gasteiger partial charge in [0.15, 0.2) is 4.80 Å². The van der Waals surface area contributed by atoms with E-state index in [-0.39, 0.29) is 6.54 Å². The van der Waals surface area contributed by atoms with E-state index in [9.17, 15) is 14.4 Å². The summed E-state index contributed by atoms with van der Waals surface area (Å²) in [5.74, 6) is -1.38. The van der Waals surface area contributed by atoms with Crippen LogP contribution in [0.2, 0.25) is 0 Å². The molecule has 0 aliphatic carbocycles. The normalized spacial score (nSPS) is 11.5. The second kappa shape index (κ2) is 8.18. The lowest BCUT2D eigenvalue weighted by Crippen LogP contribution is -2.22. The molecule has 28 heavy (non-hydrogen) atoms. The van der Waals surface area contributed by atoms with Crippen molar-refractivity contribution < 1.29 is 23.9 Å². The summed E-state index contributed by atoms with van der Waals surface area (Å²) < 4.78 is 12.0. The Morgan fingerprint density at radius 1 is 1.00 bits per heavy atom. The number of benzene rings is 2. The highest BCUT2D eigenvalue weighted by molar-refractivity contribution is 7.16. The molecule has 0 fully saturated rings. The molecule has 0 aliphatic heterocycles. The van der Waals surface area contributed by atoms with E-state index in [4.69, 9.17) is 4.74 Å². The van der Waals surface area contributed by atoms with E-state index in [0.29, 0.717) is 15.9 Å². The standard InChI is InChI=1S/C20H18N2O5S/c1-12-5-4-6-15-17(12)22(11-16(23)26-2)20(28-15)21-18(24)13-7-9-14(10-8-13)19(25)27-3/h4-10H,11H2,1-3H3. The lowest BCUT2D eigenvalue weighted by molar-refractivity contribution is -0.141. The molecule has 7 nitrogen and oxygen atoms in total. The summed E-state index contributed by atoms with van der Waals surface area (Å²) in [6, 6.07) is 11.8. The molecule has 0 spiro atoms. The number of carbonyl (C=O) groups excluding carboxylic acids is 3.